The number of benzene rings is 1. The summed E-state index contributed by atoms with van der Waals surface area (Å²) in [4.78, 5) is 4.32. The van der Waals surface area contributed by atoms with Crippen LogP contribution in [0.3, 0.4) is 0 Å². The topological polar surface area (TPSA) is 55.9 Å². The van der Waals surface area contributed by atoms with Gasteiger partial charge in [0, 0.05) is 22.5 Å². The Morgan fingerprint density at radius 1 is 1.56 bits per heavy atom. The molecule has 18 heavy (non-hydrogen) atoms. The summed E-state index contributed by atoms with van der Waals surface area (Å²) < 4.78 is 15.9. The highest BCUT2D eigenvalue weighted by molar-refractivity contribution is 14.1. The van der Waals surface area contributed by atoms with Gasteiger partial charge in [-0.05, 0) is 47.2 Å². The van der Waals surface area contributed by atoms with Gasteiger partial charge in [-0.3, -0.25) is 5.84 Å². The molecule has 0 aliphatic carbocycles. The normalized spacial score (nSPS) is 12.7. The maximum absolute atomic E-state index is 13.1. The van der Waals surface area contributed by atoms with E-state index in [0.717, 1.165) is 21.5 Å². The summed E-state index contributed by atoms with van der Waals surface area (Å²) in [5, 5.41) is 0. The summed E-state index contributed by atoms with van der Waals surface area (Å²) in [7, 11) is 0. The number of rotatable bonds is 4. The molecule has 0 radical (unpaired) electrons. The van der Waals surface area contributed by atoms with Crippen LogP contribution >= 0.6 is 22.6 Å². The largest absolute Gasteiger partial charge is 0.334 e. The zero-order chi connectivity index (χ0) is 13.1. The van der Waals surface area contributed by atoms with Crippen molar-refractivity contribution in [1.82, 2.24) is 15.0 Å². The Hall–Kier alpha value is -0.990. The molecule has 2 aromatic rings. The lowest BCUT2D eigenvalue weighted by molar-refractivity contribution is 0.556. The van der Waals surface area contributed by atoms with Crippen molar-refractivity contribution in [2.75, 3.05) is 0 Å². The monoisotopic (exact) mass is 360 g/mol. The van der Waals surface area contributed by atoms with E-state index in [1.807, 2.05) is 17.7 Å². The van der Waals surface area contributed by atoms with Crippen LogP contribution in [-0.4, -0.2) is 9.55 Å². The smallest absolute Gasteiger partial charge is 0.131 e. The second-order valence-corrected chi connectivity index (χ2v) is 5.00. The maximum atomic E-state index is 13.1. The number of hydrogen-bond donors (Lipinski definition) is 2. The summed E-state index contributed by atoms with van der Waals surface area (Å²) in [6.07, 6.45) is 3.63. The van der Waals surface area contributed by atoms with E-state index in [2.05, 4.69) is 33.0 Å². The van der Waals surface area contributed by atoms with E-state index in [1.54, 1.807) is 12.3 Å². The van der Waals surface area contributed by atoms with Crippen LogP contribution in [0.25, 0.3) is 0 Å². The Morgan fingerprint density at radius 2 is 2.33 bits per heavy atom. The molecule has 0 saturated carbocycles. The molecule has 0 fully saturated rings. The molecular formula is C12H14FIN4. The average molecular weight is 360 g/mol. The lowest BCUT2D eigenvalue weighted by atomic mass is 10.1. The summed E-state index contributed by atoms with van der Waals surface area (Å²) >= 11 is 2.10. The third-order valence-corrected chi connectivity index (χ3v) is 3.72. The molecule has 1 aromatic heterocycles. The van der Waals surface area contributed by atoms with Crippen molar-refractivity contribution in [3.8, 4) is 0 Å². The number of halogens is 2. The highest BCUT2D eigenvalue weighted by Gasteiger charge is 2.19. The number of nitrogens with zero attached hydrogens (tertiary/aromatic N) is 2. The van der Waals surface area contributed by atoms with Gasteiger partial charge in [0.1, 0.15) is 17.7 Å². The first kappa shape index (κ1) is 13.4. The van der Waals surface area contributed by atoms with Crippen molar-refractivity contribution in [2.45, 2.75) is 19.5 Å². The Morgan fingerprint density at radius 3 is 2.94 bits per heavy atom. The fraction of sp³-hybridized carbons (Fsp3) is 0.250. The van der Waals surface area contributed by atoms with E-state index in [-0.39, 0.29) is 11.9 Å². The summed E-state index contributed by atoms with van der Waals surface area (Å²) in [6.45, 7) is 2.85. The van der Waals surface area contributed by atoms with E-state index >= 15 is 0 Å². The van der Waals surface area contributed by atoms with E-state index in [9.17, 15) is 4.39 Å². The summed E-state index contributed by atoms with van der Waals surface area (Å²) in [5.74, 6) is 6.20. The molecule has 6 heteroatoms. The van der Waals surface area contributed by atoms with Gasteiger partial charge in [-0.2, -0.15) is 0 Å². The minimum Gasteiger partial charge on any atom is -0.334 e. The van der Waals surface area contributed by atoms with Crippen LogP contribution in [0.15, 0.2) is 30.6 Å². The number of hydrogen-bond acceptors (Lipinski definition) is 3. The van der Waals surface area contributed by atoms with Gasteiger partial charge in [0.2, 0.25) is 0 Å². The zero-order valence-corrected chi connectivity index (χ0v) is 12.1. The standard InChI is InChI=1S/C12H14FIN4/c1-2-18-6-5-16-12(18)11(17-15)9-4-3-8(13)7-10(9)14/h3-7,11,17H,2,15H2,1H3. The molecule has 0 aliphatic rings. The molecule has 0 amide bonds. The van der Waals surface area contributed by atoms with Crippen molar-refractivity contribution in [1.29, 1.82) is 0 Å². The fourth-order valence-corrected chi connectivity index (χ4v) is 2.68. The molecule has 0 aliphatic heterocycles. The molecule has 2 rings (SSSR count). The molecule has 1 unspecified atom stereocenters. The SMILES string of the molecule is CCn1ccnc1C(NN)c1ccc(F)cc1I. The van der Waals surface area contributed by atoms with Crippen LogP contribution < -0.4 is 11.3 Å². The number of hydrazine groups is 1. The van der Waals surface area contributed by atoms with E-state index < -0.39 is 0 Å². The second-order valence-electron chi connectivity index (χ2n) is 3.84. The highest BCUT2D eigenvalue weighted by Crippen LogP contribution is 2.25. The number of nitrogens with one attached hydrogen (secondary N) is 1. The first-order chi connectivity index (χ1) is 8.67. The molecular weight excluding hydrogens is 346 g/mol. The van der Waals surface area contributed by atoms with Crippen LogP contribution in [-0.2, 0) is 6.54 Å². The highest BCUT2D eigenvalue weighted by atomic mass is 127. The van der Waals surface area contributed by atoms with Crippen LogP contribution in [0.1, 0.15) is 24.4 Å². The number of imidazole rings is 1. The van der Waals surface area contributed by atoms with Crippen LogP contribution in [0.2, 0.25) is 0 Å². The Labute approximate surface area is 119 Å². The summed E-state index contributed by atoms with van der Waals surface area (Å²) in [6, 6.07) is 4.41. The average Bonchev–Trinajstić information content (AvgIpc) is 2.81. The molecule has 0 bridgehead atoms. The fourth-order valence-electron chi connectivity index (χ4n) is 1.89. The Kier molecular flexibility index (Phi) is 4.31. The predicted molar refractivity (Wildman–Crippen MR) is 76.2 cm³/mol. The molecule has 96 valence electrons. The van der Waals surface area contributed by atoms with Crippen molar-refractivity contribution >= 4 is 22.6 Å². The van der Waals surface area contributed by atoms with Crippen LogP contribution in [0, 0.1) is 9.39 Å². The first-order valence-electron chi connectivity index (χ1n) is 5.59. The van der Waals surface area contributed by atoms with Crippen molar-refractivity contribution in [3.05, 3.63) is 51.4 Å². The van der Waals surface area contributed by atoms with Gasteiger partial charge in [-0.15, -0.1) is 0 Å². The van der Waals surface area contributed by atoms with Gasteiger partial charge in [0.15, 0.2) is 0 Å². The van der Waals surface area contributed by atoms with Gasteiger partial charge < -0.3 is 4.57 Å². The minimum absolute atomic E-state index is 0.243. The van der Waals surface area contributed by atoms with Crippen molar-refractivity contribution < 1.29 is 4.39 Å². The van der Waals surface area contributed by atoms with E-state index in [4.69, 9.17) is 5.84 Å². The van der Waals surface area contributed by atoms with Crippen LogP contribution in [0.4, 0.5) is 4.39 Å². The van der Waals surface area contributed by atoms with E-state index in [1.165, 1.54) is 12.1 Å². The third-order valence-electron chi connectivity index (χ3n) is 2.79. The van der Waals surface area contributed by atoms with Gasteiger partial charge >= 0.3 is 0 Å². The van der Waals surface area contributed by atoms with Gasteiger partial charge in [0.25, 0.3) is 0 Å². The van der Waals surface area contributed by atoms with E-state index in [0.29, 0.717) is 0 Å². The zero-order valence-electron chi connectivity index (χ0n) is 9.90. The first-order valence-corrected chi connectivity index (χ1v) is 6.67. The molecule has 1 atom stereocenters. The number of nitrogens with two attached hydrogens (primary N) is 1. The third kappa shape index (κ3) is 2.55. The van der Waals surface area contributed by atoms with Gasteiger partial charge in [-0.25, -0.2) is 14.8 Å². The number of aryl methyl sites for hydroxylation is 1. The molecule has 4 nitrogen and oxygen atoms in total. The molecule has 0 spiro atoms. The van der Waals surface area contributed by atoms with Crippen molar-refractivity contribution in [2.24, 2.45) is 5.84 Å². The number of aromatic nitrogens is 2. The lowest BCUT2D eigenvalue weighted by Crippen LogP contribution is -2.31. The molecule has 1 heterocycles. The minimum atomic E-state index is -0.252. The lowest BCUT2D eigenvalue weighted by Gasteiger charge is -2.18. The van der Waals surface area contributed by atoms with Gasteiger partial charge in [-0.1, -0.05) is 6.07 Å². The molecule has 3 N–H and O–H groups in total. The van der Waals surface area contributed by atoms with Crippen molar-refractivity contribution in [3.63, 3.8) is 0 Å². The predicted octanol–water partition coefficient (Wildman–Crippen LogP) is 2.20. The quantitative estimate of drug-likeness (QED) is 0.499. The molecule has 0 saturated heterocycles. The molecule has 1 aromatic carbocycles. The maximum Gasteiger partial charge on any atom is 0.131 e. The Balaban J connectivity index is 2.45. The second kappa shape index (κ2) is 5.77. The van der Waals surface area contributed by atoms with Gasteiger partial charge in [0.05, 0.1) is 0 Å². The summed E-state index contributed by atoms with van der Waals surface area (Å²) in [5.41, 5.74) is 3.66. The Bertz CT molecular complexity index is 541. The van der Waals surface area contributed by atoms with Crippen LogP contribution in [0.5, 0.6) is 0 Å².